The van der Waals surface area contributed by atoms with Gasteiger partial charge in [-0.2, -0.15) is 0 Å². The van der Waals surface area contributed by atoms with E-state index in [-0.39, 0.29) is 12.3 Å². The first kappa shape index (κ1) is 13.9. The number of aromatic nitrogens is 2. The molecule has 6 heteroatoms. The fourth-order valence-electron chi connectivity index (χ4n) is 1.79. The second-order valence-corrected chi connectivity index (χ2v) is 6.37. The Morgan fingerprint density at radius 2 is 2.19 bits per heavy atom. The summed E-state index contributed by atoms with van der Waals surface area (Å²) >= 11 is 3.21. The molecule has 0 saturated heterocycles. The Morgan fingerprint density at radius 1 is 1.29 bits per heavy atom. The summed E-state index contributed by atoms with van der Waals surface area (Å²) < 4.78 is 0. The topological polar surface area (TPSA) is 54.9 Å². The van der Waals surface area contributed by atoms with Crippen LogP contribution in [0.25, 0.3) is 9.88 Å². The number of hydrogen-bond acceptors (Lipinski definition) is 5. The van der Waals surface area contributed by atoms with Crippen molar-refractivity contribution in [1.29, 1.82) is 0 Å². The smallest absolute Gasteiger partial charge is 0.231 e. The Labute approximate surface area is 130 Å². The third-order valence-electron chi connectivity index (χ3n) is 2.80. The lowest BCUT2D eigenvalue weighted by Crippen LogP contribution is -2.15. The number of pyridine rings is 1. The quantitative estimate of drug-likeness (QED) is 0.797. The maximum absolute atomic E-state index is 12.0. The van der Waals surface area contributed by atoms with Crippen molar-refractivity contribution >= 4 is 34.4 Å². The molecule has 0 aliphatic carbocycles. The van der Waals surface area contributed by atoms with Gasteiger partial charge in [-0.05, 0) is 30.0 Å². The van der Waals surface area contributed by atoms with Crippen molar-refractivity contribution in [2.75, 3.05) is 5.32 Å². The highest BCUT2D eigenvalue weighted by Crippen LogP contribution is 2.27. The average molecular weight is 315 g/mol. The Bertz CT molecular complexity index is 733. The van der Waals surface area contributed by atoms with Gasteiger partial charge in [0.25, 0.3) is 0 Å². The first-order valence-corrected chi connectivity index (χ1v) is 8.17. The molecule has 3 heterocycles. The van der Waals surface area contributed by atoms with Crippen LogP contribution in [0, 0.1) is 6.92 Å². The molecule has 0 fully saturated rings. The van der Waals surface area contributed by atoms with Crippen molar-refractivity contribution in [2.24, 2.45) is 0 Å². The number of hydrogen-bond donors (Lipinski definition) is 1. The van der Waals surface area contributed by atoms with Crippen LogP contribution in [0.1, 0.15) is 11.3 Å². The van der Waals surface area contributed by atoms with Gasteiger partial charge in [0, 0.05) is 11.6 Å². The Hall–Kier alpha value is -2.05. The summed E-state index contributed by atoms with van der Waals surface area (Å²) in [7, 11) is 0. The summed E-state index contributed by atoms with van der Waals surface area (Å²) in [5.41, 5.74) is 1.85. The molecule has 4 nitrogen and oxygen atoms in total. The van der Waals surface area contributed by atoms with Crippen LogP contribution in [-0.2, 0) is 11.2 Å². The van der Waals surface area contributed by atoms with E-state index in [4.69, 9.17) is 0 Å². The highest BCUT2D eigenvalue weighted by atomic mass is 32.1. The number of carbonyl (C=O) groups excluding carboxylic acids is 1. The predicted molar refractivity (Wildman–Crippen MR) is 86.7 cm³/mol. The molecule has 3 rings (SSSR count). The van der Waals surface area contributed by atoms with Gasteiger partial charge in [-0.25, -0.2) is 9.97 Å². The molecule has 0 saturated carbocycles. The lowest BCUT2D eigenvalue weighted by Gasteiger charge is -2.03. The molecule has 0 aromatic carbocycles. The fourth-order valence-corrected chi connectivity index (χ4v) is 3.43. The van der Waals surface area contributed by atoms with Gasteiger partial charge in [-0.15, -0.1) is 22.7 Å². The van der Waals surface area contributed by atoms with Crippen LogP contribution in [0.3, 0.4) is 0 Å². The SMILES string of the molecule is Cc1ccc(NC(=O)Cc2csc(-c3cccs3)n2)nc1. The fraction of sp³-hybridized carbons (Fsp3) is 0.133. The molecule has 0 unspecified atom stereocenters. The van der Waals surface area contributed by atoms with Crippen molar-refractivity contribution in [2.45, 2.75) is 13.3 Å². The number of amides is 1. The second-order valence-electron chi connectivity index (χ2n) is 4.57. The number of aryl methyl sites for hydroxylation is 1. The zero-order chi connectivity index (χ0) is 14.7. The first-order valence-electron chi connectivity index (χ1n) is 6.41. The number of thiophene rings is 1. The van der Waals surface area contributed by atoms with Crippen LogP contribution in [0.5, 0.6) is 0 Å². The van der Waals surface area contributed by atoms with Crippen molar-refractivity contribution < 1.29 is 4.79 Å². The number of nitrogens with one attached hydrogen (secondary N) is 1. The number of rotatable bonds is 4. The summed E-state index contributed by atoms with van der Waals surface area (Å²) in [6.45, 7) is 1.96. The van der Waals surface area contributed by atoms with E-state index in [1.165, 1.54) is 0 Å². The molecule has 0 bridgehead atoms. The first-order chi connectivity index (χ1) is 10.2. The van der Waals surface area contributed by atoms with Crippen molar-refractivity contribution in [3.8, 4) is 9.88 Å². The zero-order valence-corrected chi connectivity index (χ0v) is 13.0. The molecular weight excluding hydrogens is 302 g/mol. The van der Waals surface area contributed by atoms with E-state index in [9.17, 15) is 4.79 Å². The lowest BCUT2D eigenvalue weighted by atomic mass is 10.3. The van der Waals surface area contributed by atoms with Gasteiger partial charge in [0.15, 0.2) is 0 Å². The lowest BCUT2D eigenvalue weighted by molar-refractivity contribution is -0.115. The highest BCUT2D eigenvalue weighted by molar-refractivity contribution is 7.20. The molecule has 0 spiro atoms. The van der Waals surface area contributed by atoms with E-state index < -0.39 is 0 Å². The zero-order valence-electron chi connectivity index (χ0n) is 11.4. The molecule has 3 aromatic rings. The Morgan fingerprint density at radius 3 is 2.90 bits per heavy atom. The largest absolute Gasteiger partial charge is 0.310 e. The van der Waals surface area contributed by atoms with E-state index in [0.717, 1.165) is 21.1 Å². The van der Waals surface area contributed by atoms with Crippen LogP contribution in [-0.4, -0.2) is 15.9 Å². The molecule has 1 amide bonds. The standard InChI is InChI=1S/C15H13N3OS2/c1-10-4-5-13(16-8-10)18-14(19)7-11-9-21-15(17-11)12-3-2-6-20-12/h2-6,8-9H,7H2,1H3,(H,16,18,19). The summed E-state index contributed by atoms with van der Waals surface area (Å²) in [4.78, 5) is 21.8. The average Bonchev–Trinajstić information content (AvgIpc) is 3.12. The monoisotopic (exact) mass is 315 g/mol. The maximum atomic E-state index is 12.0. The van der Waals surface area contributed by atoms with Gasteiger partial charge in [-0.1, -0.05) is 12.1 Å². The summed E-state index contributed by atoms with van der Waals surface area (Å²) in [6.07, 6.45) is 1.99. The minimum absolute atomic E-state index is 0.102. The molecule has 0 aliphatic rings. The number of anilines is 1. The molecule has 0 aliphatic heterocycles. The molecule has 0 radical (unpaired) electrons. The molecule has 21 heavy (non-hydrogen) atoms. The number of carbonyl (C=O) groups is 1. The van der Waals surface area contributed by atoms with Crippen LogP contribution >= 0.6 is 22.7 Å². The van der Waals surface area contributed by atoms with Gasteiger partial charge in [-0.3, -0.25) is 4.79 Å². The predicted octanol–water partition coefficient (Wildman–Crippen LogP) is 3.76. The van der Waals surface area contributed by atoms with Crippen LogP contribution in [0.15, 0.2) is 41.2 Å². The number of nitrogens with zero attached hydrogens (tertiary/aromatic N) is 2. The van der Waals surface area contributed by atoms with E-state index in [1.807, 2.05) is 35.9 Å². The van der Waals surface area contributed by atoms with Crippen LogP contribution in [0.4, 0.5) is 5.82 Å². The van der Waals surface area contributed by atoms with Crippen LogP contribution in [0.2, 0.25) is 0 Å². The maximum Gasteiger partial charge on any atom is 0.231 e. The van der Waals surface area contributed by atoms with Gasteiger partial charge in [0.1, 0.15) is 10.8 Å². The van der Waals surface area contributed by atoms with Crippen LogP contribution < -0.4 is 5.32 Å². The van der Waals surface area contributed by atoms with Gasteiger partial charge >= 0.3 is 0 Å². The van der Waals surface area contributed by atoms with Gasteiger partial charge < -0.3 is 5.32 Å². The molecule has 0 atom stereocenters. The van der Waals surface area contributed by atoms with Crippen molar-refractivity contribution in [3.05, 3.63) is 52.5 Å². The Balaban J connectivity index is 1.64. The minimum Gasteiger partial charge on any atom is -0.310 e. The van der Waals surface area contributed by atoms with E-state index in [0.29, 0.717) is 5.82 Å². The van der Waals surface area contributed by atoms with E-state index in [2.05, 4.69) is 15.3 Å². The summed E-state index contributed by atoms with van der Waals surface area (Å²) in [5.74, 6) is 0.466. The van der Waals surface area contributed by atoms with E-state index >= 15 is 0 Å². The Kier molecular flexibility index (Phi) is 4.08. The van der Waals surface area contributed by atoms with Gasteiger partial charge in [0.2, 0.25) is 5.91 Å². The second kappa shape index (κ2) is 6.15. The molecule has 106 valence electrons. The third-order valence-corrected chi connectivity index (χ3v) is 4.73. The normalized spacial score (nSPS) is 10.5. The third kappa shape index (κ3) is 3.53. The van der Waals surface area contributed by atoms with Crippen molar-refractivity contribution in [3.63, 3.8) is 0 Å². The highest BCUT2D eigenvalue weighted by Gasteiger charge is 2.10. The number of thiazole rings is 1. The minimum atomic E-state index is -0.102. The summed E-state index contributed by atoms with van der Waals surface area (Å²) in [5, 5.41) is 7.69. The van der Waals surface area contributed by atoms with E-state index in [1.54, 1.807) is 34.9 Å². The van der Waals surface area contributed by atoms with Gasteiger partial charge in [0.05, 0.1) is 17.0 Å². The molecule has 1 N–H and O–H groups in total. The molecular formula is C15H13N3OS2. The summed E-state index contributed by atoms with van der Waals surface area (Å²) in [6, 6.07) is 7.74. The molecule has 3 aromatic heterocycles. The van der Waals surface area contributed by atoms with Crippen molar-refractivity contribution in [1.82, 2.24) is 9.97 Å².